The van der Waals surface area contributed by atoms with E-state index >= 15 is 0 Å². The molecule has 2 aromatic carbocycles. The number of hydrogen-bond acceptors (Lipinski definition) is 5. The van der Waals surface area contributed by atoms with Gasteiger partial charge in [0.25, 0.3) is 0 Å². The summed E-state index contributed by atoms with van der Waals surface area (Å²) < 4.78 is 29.5. The third-order valence-corrected chi connectivity index (χ3v) is 9.92. The molecule has 34 heavy (non-hydrogen) atoms. The monoisotopic (exact) mass is 484 g/mol. The number of fused-ring (bicyclic) bond motifs is 2. The van der Waals surface area contributed by atoms with Crippen LogP contribution < -0.4 is 5.14 Å². The Bertz CT molecular complexity index is 1150. The van der Waals surface area contributed by atoms with Gasteiger partial charge in [-0.05, 0) is 53.4 Å². The van der Waals surface area contributed by atoms with Crippen LogP contribution in [0.3, 0.4) is 0 Å². The molecule has 0 spiro atoms. The first-order chi connectivity index (χ1) is 16.2. The zero-order valence-corrected chi connectivity index (χ0v) is 20.9. The van der Waals surface area contributed by atoms with Crippen LogP contribution in [0.15, 0.2) is 48.5 Å². The Morgan fingerprint density at radius 3 is 2.50 bits per heavy atom. The summed E-state index contributed by atoms with van der Waals surface area (Å²) in [5.74, 6) is 1.06. The number of nitrogens with zero attached hydrogens (tertiary/aromatic N) is 1. The van der Waals surface area contributed by atoms with Crippen LogP contribution in [0.25, 0.3) is 0 Å². The van der Waals surface area contributed by atoms with Crippen molar-refractivity contribution in [1.82, 2.24) is 4.90 Å². The fourth-order valence-electron chi connectivity index (χ4n) is 7.00. The van der Waals surface area contributed by atoms with Gasteiger partial charge >= 0.3 is 0 Å². The molecule has 7 heteroatoms. The van der Waals surface area contributed by atoms with Gasteiger partial charge in [0.1, 0.15) is 5.25 Å². The number of rotatable bonds is 8. The van der Waals surface area contributed by atoms with Gasteiger partial charge in [0.05, 0.1) is 12.2 Å². The molecule has 0 radical (unpaired) electrons. The maximum atomic E-state index is 12.2. The molecule has 0 amide bonds. The van der Waals surface area contributed by atoms with Gasteiger partial charge in [0.2, 0.25) is 10.0 Å². The van der Waals surface area contributed by atoms with Gasteiger partial charge < -0.3 is 9.84 Å². The predicted octanol–water partition coefficient (Wildman–Crippen LogP) is 2.79. The minimum atomic E-state index is -3.76. The van der Waals surface area contributed by atoms with Crippen molar-refractivity contribution in [2.24, 2.45) is 17.0 Å². The van der Waals surface area contributed by atoms with E-state index in [-0.39, 0.29) is 12.0 Å². The van der Waals surface area contributed by atoms with Crippen LogP contribution >= 0.6 is 0 Å². The van der Waals surface area contributed by atoms with Crippen LogP contribution in [0.4, 0.5) is 0 Å². The minimum absolute atomic E-state index is 0.0454. The lowest BCUT2D eigenvalue weighted by atomic mass is 9.80. The fraction of sp³-hybridized carbons (Fsp3) is 0.556. The van der Waals surface area contributed by atoms with Crippen molar-refractivity contribution in [2.75, 3.05) is 33.4 Å². The van der Waals surface area contributed by atoms with Crippen LogP contribution in [0.1, 0.15) is 47.3 Å². The Morgan fingerprint density at radius 2 is 1.85 bits per heavy atom. The molecule has 4 atom stereocenters. The van der Waals surface area contributed by atoms with Gasteiger partial charge in [-0.3, -0.25) is 4.90 Å². The Morgan fingerprint density at radius 1 is 1.15 bits per heavy atom. The number of primary sulfonamides is 1. The van der Waals surface area contributed by atoms with Crippen LogP contribution in [0.2, 0.25) is 0 Å². The number of benzene rings is 2. The third-order valence-electron chi connectivity index (χ3n) is 8.72. The van der Waals surface area contributed by atoms with Crippen molar-refractivity contribution >= 4 is 10.0 Å². The largest absolute Gasteiger partial charge is 0.388 e. The normalized spacial score (nSPS) is 31.6. The molecule has 6 nitrogen and oxygen atoms in total. The van der Waals surface area contributed by atoms with Crippen LogP contribution in [-0.2, 0) is 33.0 Å². The second-order valence-electron chi connectivity index (χ2n) is 10.6. The highest BCUT2D eigenvalue weighted by molar-refractivity contribution is 7.89. The molecule has 5 rings (SSSR count). The van der Waals surface area contributed by atoms with E-state index in [2.05, 4.69) is 42.2 Å². The predicted molar refractivity (Wildman–Crippen MR) is 133 cm³/mol. The molecule has 1 saturated carbocycles. The number of nitrogens with two attached hydrogens (primary N) is 1. The summed E-state index contributed by atoms with van der Waals surface area (Å²) in [5.41, 5.74) is 3.96. The number of ether oxygens (including phenoxy) is 1. The number of aliphatic hydroxyl groups is 1. The number of hydrogen-bond donors (Lipinski definition) is 2. The highest BCUT2D eigenvalue weighted by Crippen LogP contribution is 2.65. The number of sulfonamides is 1. The Hall–Kier alpha value is -1.77. The number of methoxy groups -OCH3 is 1. The van der Waals surface area contributed by atoms with Gasteiger partial charge in [0, 0.05) is 38.6 Å². The molecular formula is C27H36N2O4S. The molecule has 1 heterocycles. The first kappa shape index (κ1) is 23.9. The lowest BCUT2D eigenvalue weighted by Gasteiger charge is -2.38. The summed E-state index contributed by atoms with van der Waals surface area (Å²) in [6.45, 7) is 4.94. The minimum Gasteiger partial charge on any atom is -0.388 e. The molecule has 2 aromatic rings. The molecule has 0 bridgehead atoms. The molecule has 4 unspecified atom stereocenters. The van der Waals surface area contributed by atoms with Gasteiger partial charge in [0.15, 0.2) is 0 Å². The number of β-amino-alcohol motifs (C(OH)–C–C–N with tert-alkyl or cyclic N) is 1. The van der Waals surface area contributed by atoms with E-state index in [0.29, 0.717) is 17.4 Å². The second-order valence-corrected chi connectivity index (χ2v) is 12.4. The van der Waals surface area contributed by atoms with E-state index in [0.717, 1.165) is 45.3 Å². The van der Waals surface area contributed by atoms with Crippen molar-refractivity contribution in [1.29, 1.82) is 0 Å². The van der Waals surface area contributed by atoms with Gasteiger partial charge in [-0.25, -0.2) is 13.6 Å². The highest BCUT2D eigenvalue weighted by atomic mass is 32.2. The van der Waals surface area contributed by atoms with Crippen LogP contribution in [0.5, 0.6) is 0 Å². The van der Waals surface area contributed by atoms with Crippen molar-refractivity contribution in [2.45, 2.75) is 48.9 Å². The van der Waals surface area contributed by atoms with E-state index in [4.69, 9.17) is 9.88 Å². The number of piperidine rings is 1. The van der Waals surface area contributed by atoms with Gasteiger partial charge in [-0.1, -0.05) is 55.5 Å². The van der Waals surface area contributed by atoms with Crippen LogP contribution in [-0.4, -0.2) is 57.4 Å². The van der Waals surface area contributed by atoms with E-state index in [1.54, 1.807) is 0 Å². The molecular weight excluding hydrogens is 448 g/mol. The molecule has 1 saturated heterocycles. The lowest BCUT2D eigenvalue weighted by molar-refractivity contribution is -0.00666. The summed E-state index contributed by atoms with van der Waals surface area (Å²) in [5, 5.41) is 16.0. The maximum absolute atomic E-state index is 12.2. The molecule has 184 valence electrons. The summed E-state index contributed by atoms with van der Waals surface area (Å²) in [4.78, 5) is 2.44. The van der Waals surface area contributed by atoms with E-state index in [1.807, 2.05) is 18.2 Å². The average Bonchev–Trinajstić information content (AvgIpc) is 3.19. The third kappa shape index (κ3) is 4.11. The van der Waals surface area contributed by atoms with E-state index < -0.39 is 20.9 Å². The van der Waals surface area contributed by atoms with Gasteiger partial charge in [-0.15, -0.1) is 0 Å². The Balaban J connectivity index is 1.30. The van der Waals surface area contributed by atoms with Crippen molar-refractivity contribution in [3.05, 3.63) is 70.8 Å². The molecule has 0 aromatic heterocycles. The van der Waals surface area contributed by atoms with E-state index in [9.17, 15) is 13.5 Å². The Kier molecular flexibility index (Phi) is 6.14. The van der Waals surface area contributed by atoms with Gasteiger partial charge in [-0.2, -0.15) is 0 Å². The average molecular weight is 485 g/mol. The van der Waals surface area contributed by atoms with Crippen molar-refractivity contribution in [3.8, 4) is 0 Å². The van der Waals surface area contributed by atoms with Crippen molar-refractivity contribution < 1.29 is 18.3 Å². The zero-order valence-electron chi connectivity index (χ0n) is 20.1. The van der Waals surface area contributed by atoms with E-state index in [1.165, 1.54) is 23.8 Å². The zero-order chi connectivity index (χ0) is 24.1. The SMILES string of the molecule is CCC1(c2cccc(C(COC)S(N)(=O)=O)c2)C2CN(CC3(O)CCc4ccccc4C3)CC21. The molecule has 1 aliphatic heterocycles. The quantitative estimate of drug-likeness (QED) is 0.601. The second kappa shape index (κ2) is 8.71. The smallest absolute Gasteiger partial charge is 0.218 e. The summed E-state index contributed by atoms with van der Waals surface area (Å²) >= 11 is 0. The fourth-order valence-corrected chi connectivity index (χ4v) is 7.85. The number of likely N-dealkylation sites (tertiary alicyclic amines) is 1. The van der Waals surface area contributed by atoms with Crippen LogP contribution in [0, 0.1) is 11.8 Å². The van der Waals surface area contributed by atoms with Crippen molar-refractivity contribution in [3.63, 3.8) is 0 Å². The summed E-state index contributed by atoms with van der Waals surface area (Å²) in [6.07, 6.45) is 3.49. The Labute approximate surface area is 203 Å². The molecule has 2 fully saturated rings. The first-order valence-corrected chi connectivity index (χ1v) is 13.9. The molecule has 2 aliphatic carbocycles. The maximum Gasteiger partial charge on any atom is 0.218 e. The summed E-state index contributed by atoms with van der Waals surface area (Å²) in [7, 11) is -2.27. The topological polar surface area (TPSA) is 92.9 Å². The number of aryl methyl sites for hydroxylation is 1. The highest BCUT2D eigenvalue weighted by Gasteiger charge is 2.67. The standard InChI is InChI=1S/C27H36N2O4S/c1-3-27(22-10-6-9-20(13-22)25(17-33-2)34(28,31)32)23-15-29(16-24(23)27)18-26(30)12-11-19-7-4-5-8-21(19)14-26/h4-10,13,23-25,30H,3,11-12,14-18H2,1-2H3,(H2,28,31,32). The summed E-state index contributed by atoms with van der Waals surface area (Å²) in [6, 6.07) is 16.4. The lowest BCUT2D eigenvalue weighted by Crippen LogP contribution is -2.47. The molecule has 3 N–H and O–H groups in total. The molecule has 3 aliphatic rings. The first-order valence-electron chi connectivity index (χ1n) is 12.3.